The van der Waals surface area contributed by atoms with Gasteiger partial charge in [-0.05, 0) is 29.7 Å². The first kappa shape index (κ1) is 14.5. The van der Waals surface area contributed by atoms with Crippen molar-refractivity contribution in [3.05, 3.63) is 30.0 Å². The van der Waals surface area contributed by atoms with Crippen LogP contribution in [0.4, 0.5) is 11.8 Å². The molecule has 0 aliphatic rings. The van der Waals surface area contributed by atoms with E-state index in [0.29, 0.717) is 11.7 Å². The Bertz CT molecular complexity index is 616. The zero-order valence-corrected chi connectivity index (χ0v) is 12.6. The summed E-state index contributed by atoms with van der Waals surface area (Å²) in [5, 5.41) is 0. The minimum atomic E-state index is 0.186. The molecule has 0 atom stereocenters. The minimum absolute atomic E-state index is 0.186. The molecule has 106 valence electrons. The molecule has 0 unspecified atom stereocenters. The van der Waals surface area contributed by atoms with E-state index in [4.69, 9.17) is 16.2 Å². The third kappa shape index (κ3) is 3.14. The van der Waals surface area contributed by atoms with Crippen molar-refractivity contribution in [1.29, 1.82) is 0 Å². The number of ether oxygens (including phenoxy) is 1. The maximum absolute atomic E-state index is 5.87. The maximum atomic E-state index is 5.87. The molecule has 0 spiro atoms. The first-order chi connectivity index (χ1) is 9.51. The first-order valence-electron chi connectivity index (χ1n) is 6.25. The van der Waals surface area contributed by atoms with Crippen LogP contribution in [0.15, 0.2) is 34.2 Å². The summed E-state index contributed by atoms with van der Waals surface area (Å²) in [6.07, 6.45) is 1.65. The Morgan fingerprint density at radius 3 is 2.55 bits per heavy atom. The molecule has 0 saturated heterocycles. The average Bonchev–Trinajstić information content (AvgIpc) is 2.42. The molecule has 0 radical (unpaired) electrons. The molecule has 0 amide bonds. The lowest BCUT2D eigenvalue weighted by atomic mass is 10.0. The first-order valence-corrected chi connectivity index (χ1v) is 7.06. The number of nitrogens with zero attached hydrogens (tertiary/aromatic N) is 2. The largest absolute Gasteiger partial charge is 0.497 e. The van der Waals surface area contributed by atoms with Gasteiger partial charge in [0.2, 0.25) is 5.95 Å². The Balaban J connectivity index is 2.37. The van der Waals surface area contributed by atoms with Gasteiger partial charge in [-0.1, -0.05) is 25.6 Å². The fourth-order valence-electron chi connectivity index (χ4n) is 1.79. The van der Waals surface area contributed by atoms with E-state index < -0.39 is 0 Å². The molecular formula is C14H18N4OS. The number of hydrogen-bond donors (Lipinski definition) is 2. The Hall–Kier alpha value is -1.95. The second-order valence-electron chi connectivity index (χ2n) is 4.64. The van der Waals surface area contributed by atoms with Crippen LogP contribution in [0.5, 0.6) is 5.75 Å². The van der Waals surface area contributed by atoms with E-state index in [9.17, 15) is 0 Å². The number of nitrogens with two attached hydrogens (primary N) is 2. The molecule has 2 aromatic rings. The van der Waals surface area contributed by atoms with Crippen LogP contribution in [0.25, 0.3) is 0 Å². The highest BCUT2D eigenvalue weighted by molar-refractivity contribution is 7.99. The highest BCUT2D eigenvalue weighted by Gasteiger charge is 2.12. The summed E-state index contributed by atoms with van der Waals surface area (Å²) >= 11 is 1.54. The van der Waals surface area contributed by atoms with Gasteiger partial charge in [0.05, 0.1) is 12.0 Å². The van der Waals surface area contributed by atoms with Crippen molar-refractivity contribution >= 4 is 23.5 Å². The van der Waals surface area contributed by atoms with E-state index in [1.54, 1.807) is 13.3 Å². The summed E-state index contributed by atoms with van der Waals surface area (Å²) in [5.41, 5.74) is 12.6. The number of rotatable bonds is 4. The van der Waals surface area contributed by atoms with Crippen molar-refractivity contribution < 1.29 is 4.74 Å². The molecule has 1 aromatic heterocycles. The van der Waals surface area contributed by atoms with Crippen molar-refractivity contribution in [3.8, 4) is 5.75 Å². The molecule has 6 heteroatoms. The Morgan fingerprint density at radius 1 is 1.20 bits per heavy atom. The van der Waals surface area contributed by atoms with Gasteiger partial charge in [0.15, 0.2) is 0 Å². The molecule has 2 rings (SSSR count). The highest BCUT2D eigenvalue weighted by Crippen LogP contribution is 2.37. The van der Waals surface area contributed by atoms with E-state index in [1.165, 1.54) is 17.3 Å². The topological polar surface area (TPSA) is 87.0 Å². The third-order valence-electron chi connectivity index (χ3n) is 2.86. The van der Waals surface area contributed by atoms with Crippen LogP contribution in [0.2, 0.25) is 0 Å². The van der Waals surface area contributed by atoms with Gasteiger partial charge >= 0.3 is 0 Å². The van der Waals surface area contributed by atoms with Gasteiger partial charge in [-0.25, -0.2) is 4.98 Å². The highest BCUT2D eigenvalue weighted by atomic mass is 32.2. The van der Waals surface area contributed by atoms with E-state index in [0.717, 1.165) is 15.5 Å². The molecule has 1 aromatic carbocycles. The SMILES string of the molecule is COc1ccc(Sc2cnc(N)nc2N)c(C(C)C)c1. The summed E-state index contributed by atoms with van der Waals surface area (Å²) < 4.78 is 5.27. The lowest BCUT2D eigenvalue weighted by molar-refractivity contribution is 0.413. The zero-order valence-electron chi connectivity index (χ0n) is 11.8. The third-order valence-corrected chi connectivity index (χ3v) is 3.99. The molecule has 4 N–H and O–H groups in total. The van der Waals surface area contributed by atoms with Gasteiger partial charge in [-0.15, -0.1) is 0 Å². The number of nitrogen functional groups attached to an aromatic ring is 2. The summed E-state index contributed by atoms with van der Waals surface area (Å²) in [6, 6.07) is 6.00. The van der Waals surface area contributed by atoms with Gasteiger partial charge in [0, 0.05) is 11.1 Å². The van der Waals surface area contributed by atoms with E-state index in [-0.39, 0.29) is 5.95 Å². The van der Waals surface area contributed by atoms with Crippen LogP contribution in [0.1, 0.15) is 25.3 Å². The number of anilines is 2. The van der Waals surface area contributed by atoms with Crippen LogP contribution < -0.4 is 16.2 Å². The fraction of sp³-hybridized carbons (Fsp3) is 0.286. The maximum Gasteiger partial charge on any atom is 0.221 e. The average molecular weight is 290 g/mol. The minimum Gasteiger partial charge on any atom is -0.497 e. The van der Waals surface area contributed by atoms with Gasteiger partial charge in [-0.2, -0.15) is 4.98 Å². The molecule has 0 aliphatic carbocycles. The van der Waals surface area contributed by atoms with Gasteiger partial charge < -0.3 is 16.2 Å². The van der Waals surface area contributed by atoms with Crippen molar-refractivity contribution in [1.82, 2.24) is 9.97 Å². The molecule has 0 saturated carbocycles. The molecule has 5 nitrogen and oxygen atoms in total. The van der Waals surface area contributed by atoms with Crippen LogP contribution in [0.3, 0.4) is 0 Å². The van der Waals surface area contributed by atoms with Crippen LogP contribution in [0, 0.1) is 0 Å². The summed E-state index contributed by atoms with van der Waals surface area (Å²) in [6.45, 7) is 4.28. The molecule has 0 bridgehead atoms. The van der Waals surface area contributed by atoms with E-state index >= 15 is 0 Å². The smallest absolute Gasteiger partial charge is 0.221 e. The van der Waals surface area contributed by atoms with Gasteiger partial charge in [-0.3, -0.25) is 0 Å². The van der Waals surface area contributed by atoms with Crippen LogP contribution in [-0.4, -0.2) is 17.1 Å². The normalized spacial score (nSPS) is 10.8. The van der Waals surface area contributed by atoms with Gasteiger partial charge in [0.25, 0.3) is 0 Å². The Labute approximate surface area is 122 Å². The van der Waals surface area contributed by atoms with Crippen molar-refractivity contribution in [2.75, 3.05) is 18.6 Å². The quantitative estimate of drug-likeness (QED) is 0.900. The number of hydrogen-bond acceptors (Lipinski definition) is 6. The number of aromatic nitrogens is 2. The van der Waals surface area contributed by atoms with E-state index in [1.807, 2.05) is 18.2 Å². The number of benzene rings is 1. The Morgan fingerprint density at radius 2 is 1.95 bits per heavy atom. The standard InChI is InChI=1S/C14H18N4OS/c1-8(2)10-6-9(19-3)4-5-11(10)20-12-7-17-14(16)18-13(12)15/h4-8H,1-3H3,(H4,15,16,17,18). The predicted octanol–water partition coefficient (Wildman–Crippen LogP) is 2.92. The molecule has 20 heavy (non-hydrogen) atoms. The van der Waals surface area contributed by atoms with Gasteiger partial charge in [0.1, 0.15) is 11.6 Å². The summed E-state index contributed by atoms with van der Waals surface area (Å²) in [4.78, 5) is 9.87. The predicted molar refractivity (Wildman–Crippen MR) is 82.1 cm³/mol. The van der Waals surface area contributed by atoms with Crippen molar-refractivity contribution in [2.24, 2.45) is 0 Å². The number of methoxy groups -OCH3 is 1. The molecule has 0 fully saturated rings. The fourth-order valence-corrected chi connectivity index (χ4v) is 2.83. The van der Waals surface area contributed by atoms with Crippen LogP contribution >= 0.6 is 11.8 Å². The Kier molecular flexibility index (Phi) is 4.34. The molecule has 1 heterocycles. The monoisotopic (exact) mass is 290 g/mol. The van der Waals surface area contributed by atoms with E-state index in [2.05, 4.69) is 23.8 Å². The second-order valence-corrected chi connectivity index (χ2v) is 5.72. The second kappa shape index (κ2) is 6.00. The lowest BCUT2D eigenvalue weighted by Crippen LogP contribution is -2.01. The van der Waals surface area contributed by atoms with Crippen LogP contribution in [-0.2, 0) is 0 Å². The zero-order chi connectivity index (χ0) is 14.7. The van der Waals surface area contributed by atoms with Crippen molar-refractivity contribution in [2.45, 2.75) is 29.6 Å². The summed E-state index contributed by atoms with van der Waals surface area (Å²) in [7, 11) is 1.66. The lowest BCUT2D eigenvalue weighted by Gasteiger charge is -2.14. The summed E-state index contributed by atoms with van der Waals surface area (Å²) in [5.74, 6) is 1.81. The van der Waals surface area contributed by atoms with Crippen molar-refractivity contribution in [3.63, 3.8) is 0 Å². The molecular weight excluding hydrogens is 272 g/mol. The molecule has 0 aliphatic heterocycles.